The van der Waals surface area contributed by atoms with Crippen LogP contribution in [0.25, 0.3) is 0 Å². The van der Waals surface area contributed by atoms with Crippen LogP contribution in [0.4, 0.5) is 10.5 Å². The molecule has 5 heteroatoms. The normalized spacial score (nSPS) is 15.1. The Kier molecular flexibility index (Phi) is 6.25. The standard InChI is InChI=1S/C17H24N2O3/c1-2-12-22-16(20)13-8-10-15(11-9-13)19-17(21)18-14-6-4-3-5-7-14/h8-11,14H,2-7,12H2,1H3,(H2,18,19,21). The second kappa shape index (κ2) is 8.41. The van der Waals surface area contributed by atoms with Crippen LogP contribution in [-0.2, 0) is 4.74 Å². The Bertz CT molecular complexity index is 493. The molecular formula is C17H24N2O3. The molecule has 1 fully saturated rings. The Morgan fingerprint density at radius 2 is 1.82 bits per heavy atom. The van der Waals surface area contributed by atoms with Crippen molar-refractivity contribution in [3.05, 3.63) is 29.8 Å². The predicted octanol–water partition coefficient (Wildman–Crippen LogP) is 3.71. The number of urea groups is 1. The quantitative estimate of drug-likeness (QED) is 0.815. The number of esters is 1. The molecule has 0 aromatic heterocycles. The molecule has 2 amide bonds. The molecule has 0 atom stereocenters. The molecule has 2 rings (SSSR count). The lowest BCUT2D eigenvalue weighted by Crippen LogP contribution is -2.39. The molecule has 1 aromatic rings. The van der Waals surface area contributed by atoms with Crippen molar-refractivity contribution in [1.29, 1.82) is 0 Å². The molecule has 1 saturated carbocycles. The van der Waals surface area contributed by atoms with Crippen LogP contribution < -0.4 is 10.6 Å². The maximum Gasteiger partial charge on any atom is 0.338 e. The average molecular weight is 304 g/mol. The maximum absolute atomic E-state index is 11.9. The summed E-state index contributed by atoms with van der Waals surface area (Å²) < 4.78 is 5.06. The van der Waals surface area contributed by atoms with E-state index in [0.29, 0.717) is 17.9 Å². The fourth-order valence-electron chi connectivity index (χ4n) is 2.57. The number of benzene rings is 1. The number of nitrogens with one attached hydrogen (secondary N) is 2. The van der Waals surface area contributed by atoms with Crippen molar-refractivity contribution in [3.63, 3.8) is 0 Å². The summed E-state index contributed by atoms with van der Waals surface area (Å²) in [6, 6.07) is 6.83. The summed E-state index contributed by atoms with van der Waals surface area (Å²) in [6.45, 7) is 2.37. The van der Waals surface area contributed by atoms with Crippen molar-refractivity contribution in [1.82, 2.24) is 5.32 Å². The maximum atomic E-state index is 11.9. The minimum absolute atomic E-state index is 0.187. The highest BCUT2D eigenvalue weighted by Gasteiger charge is 2.15. The van der Waals surface area contributed by atoms with Gasteiger partial charge in [-0.3, -0.25) is 0 Å². The van der Waals surface area contributed by atoms with E-state index < -0.39 is 0 Å². The first-order valence-corrected chi connectivity index (χ1v) is 8.03. The summed E-state index contributed by atoms with van der Waals surface area (Å²) in [4.78, 5) is 23.6. The van der Waals surface area contributed by atoms with E-state index in [2.05, 4.69) is 10.6 Å². The van der Waals surface area contributed by atoms with Gasteiger partial charge in [0, 0.05) is 11.7 Å². The third-order valence-corrected chi connectivity index (χ3v) is 3.76. The first-order valence-electron chi connectivity index (χ1n) is 8.03. The molecule has 1 aliphatic rings. The molecule has 0 heterocycles. The molecule has 0 unspecified atom stereocenters. The van der Waals surface area contributed by atoms with E-state index in [-0.39, 0.29) is 18.0 Å². The smallest absolute Gasteiger partial charge is 0.338 e. The zero-order chi connectivity index (χ0) is 15.8. The molecule has 22 heavy (non-hydrogen) atoms. The van der Waals surface area contributed by atoms with Crippen LogP contribution >= 0.6 is 0 Å². The number of anilines is 1. The average Bonchev–Trinajstić information content (AvgIpc) is 2.54. The summed E-state index contributed by atoms with van der Waals surface area (Å²) >= 11 is 0. The highest BCUT2D eigenvalue weighted by molar-refractivity contribution is 5.92. The van der Waals surface area contributed by atoms with Crippen LogP contribution in [0.15, 0.2) is 24.3 Å². The number of hydrogen-bond donors (Lipinski definition) is 2. The van der Waals surface area contributed by atoms with Crippen LogP contribution in [0.2, 0.25) is 0 Å². The van der Waals surface area contributed by atoms with Crippen molar-refractivity contribution in [2.75, 3.05) is 11.9 Å². The Labute approximate surface area is 131 Å². The van der Waals surface area contributed by atoms with Crippen LogP contribution in [-0.4, -0.2) is 24.6 Å². The molecule has 2 N–H and O–H groups in total. The lowest BCUT2D eigenvalue weighted by Gasteiger charge is -2.22. The van der Waals surface area contributed by atoms with Crippen molar-refractivity contribution < 1.29 is 14.3 Å². The Balaban J connectivity index is 1.82. The molecule has 0 radical (unpaired) electrons. The summed E-state index contributed by atoms with van der Waals surface area (Å²) in [5.74, 6) is -0.333. The Morgan fingerprint density at radius 3 is 2.45 bits per heavy atom. The number of amides is 2. The second-order valence-electron chi connectivity index (χ2n) is 5.65. The number of hydrogen-bond acceptors (Lipinski definition) is 3. The zero-order valence-corrected chi connectivity index (χ0v) is 13.1. The molecule has 0 aliphatic heterocycles. The summed E-state index contributed by atoms with van der Waals surface area (Å²) in [7, 11) is 0. The van der Waals surface area contributed by atoms with Crippen molar-refractivity contribution in [3.8, 4) is 0 Å². The van der Waals surface area contributed by atoms with E-state index in [1.165, 1.54) is 19.3 Å². The summed E-state index contributed by atoms with van der Waals surface area (Å²) in [5.41, 5.74) is 1.16. The fourth-order valence-corrected chi connectivity index (χ4v) is 2.57. The van der Waals surface area contributed by atoms with E-state index in [1.54, 1.807) is 24.3 Å². The number of carbonyl (C=O) groups excluding carboxylic acids is 2. The van der Waals surface area contributed by atoms with Gasteiger partial charge in [-0.1, -0.05) is 26.2 Å². The van der Waals surface area contributed by atoms with Crippen LogP contribution in [0.3, 0.4) is 0 Å². The minimum Gasteiger partial charge on any atom is -0.462 e. The van der Waals surface area contributed by atoms with Crippen molar-refractivity contribution in [2.45, 2.75) is 51.5 Å². The van der Waals surface area contributed by atoms with E-state index in [9.17, 15) is 9.59 Å². The second-order valence-corrected chi connectivity index (χ2v) is 5.65. The summed E-state index contributed by atoms with van der Waals surface area (Å²) in [6.07, 6.45) is 6.52. The lowest BCUT2D eigenvalue weighted by atomic mass is 9.96. The fraction of sp³-hybridized carbons (Fsp3) is 0.529. The van der Waals surface area contributed by atoms with Gasteiger partial charge in [-0.15, -0.1) is 0 Å². The van der Waals surface area contributed by atoms with Gasteiger partial charge in [0.25, 0.3) is 0 Å². The summed E-state index contributed by atoms with van der Waals surface area (Å²) in [5, 5.41) is 5.79. The first kappa shape index (κ1) is 16.3. The van der Waals surface area contributed by atoms with E-state index in [0.717, 1.165) is 19.3 Å². The highest BCUT2D eigenvalue weighted by atomic mass is 16.5. The van der Waals surface area contributed by atoms with Gasteiger partial charge in [0.2, 0.25) is 0 Å². The van der Waals surface area contributed by atoms with Gasteiger partial charge in [-0.25, -0.2) is 9.59 Å². The predicted molar refractivity (Wildman–Crippen MR) is 86.0 cm³/mol. The highest BCUT2D eigenvalue weighted by Crippen LogP contribution is 2.17. The molecule has 0 spiro atoms. The van der Waals surface area contributed by atoms with Gasteiger partial charge < -0.3 is 15.4 Å². The first-order chi connectivity index (χ1) is 10.7. The van der Waals surface area contributed by atoms with Gasteiger partial charge in [0.1, 0.15) is 0 Å². The van der Waals surface area contributed by atoms with Crippen LogP contribution in [0, 0.1) is 0 Å². The van der Waals surface area contributed by atoms with Gasteiger partial charge >= 0.3 is 12.0 Å². The van der Waals surface area contributed by atoms with E-state index in [4.69, 9.17) is 4.74 Å². The van der Waals surface area contributed by atoms with E-state index in [1.807, 2.05) is 6.92 Å². The molecular weight excluding hydrogens is 280 g/mol. The molecule has 1 aromatic carbocycles. The lowest BCUT2D eigenvalue weighted by molar-refractivity contribution is 0.0505. The van der Waals surface area contributed by atoms with Crippen molar-refractivity contribution >= 4 is 17.7 Å². The van der Waals surface area contributed by atoms with Crippen LogP contribution in [0.1, 0.15) is 55.8 Å². The van der Waals surface area contributed by atoms with Gasteiger partial charge in [-0.05, 0) is 43.5 Å². The van der Waals surface area contributed by atoms with Crippen molar-refractivity contribution in [2.24, 2.45) is 0 Å². The van der Waals surface area contributed by atoms with Crippen LogP contribution in [0.5, 0.6) is 0 Å². The number of rotatable bonds is 5. The van der Waals surface area contributed by atoms with Gasteiger partial charge in [-0.2, -0.15) is 0 Å². The molecule has 5 nitrogen and oxygen atoms in total. The van der Waals surface area contributed by atoms with Gasteiger partial charge in [0.15, 0.2) is 0 Å². The topological polar surface area (TPSA) is 67.4 Å². The molecule has 120 valence electrons. The van der Waals surface area contributed by atoms with E-state index >= 15 is 0 Å². The molecule has 1 aliphatic carbocycles. The Hall–Kier alpha value is -2.04. The number of ether oxygens (including phenoxy) is 1. The third kappa shape index (κ3) is 5.06. The monoisotopic (exact) mass is 304 g/mol. The number of carbonyl (C=O) groups is 2. The van der Waals surface area contributed by atoms with Gasteiger partial charge in [0.05, 0.1) is 12.2 Å². The Morgan fingerprint density at radius 1 is 1.14 bits per heavy atom. The zero-order valence-electron chi connectivity index (χ0n) is 13.1. The molecule has 0 saturated heterocycles. The largest absolute Gasteiger partial charge is 0.462 e. The third-order valence-electron chi connectivity index (χ3n) is 3.76. The minimum atomic E-state index is -0.333. The molecule has 0 bridgehead atoms. The SMILES string of the molecule is CCCOC(=O)c1ccc(NC(=O)NC2CCCCC2)cc1.